The molecule has 0 unspecified atom stereocenters. The number of carbonyl (C=O) groups excluding carboxylic acids is 1. The van der Waals surface area contributed by atoms with Crippen molar-refractivity contribution in [2.75, 3.05) is 6.79 Å². The molecule has 1 aromatic carbocycles. The van der Waals surface area contributed by atoms with Gasteiger partial charge in [-0.15, -0.1) is 0 Å². The van der Waals surface area contributed by atoms with Crippen molar-refractivity contribution in [3.8, 4) is 11.5 Å². The Bertz CT molecular complexity index is 585. The Balaban J connectivity index is 2.10. The van der Waals surface area contributed by atoms with E-state index in [4.69, 9.17) is 14.6 Å². The monoisotopic (exact) mass is 357 g/mol. The van der Waals surface area contributed by atoms with Crippen LogP contribution >= 0.6 is 15.9 Å². The average Bonchev–Trinajstić information content (AvgIpc) is 2.85. The van der Waals surface area contributed by atoms with E-state index in [2.05, 4.69) is 21.2 Å². The predicted molar refractivity (Wildman–Crippen MR) is 78.7 cm³/mol. The second-order valence-electron chi connectivity index (χ2n) is 5.42. The summed E-state index contributed by atoms with van der Waals surface area (Å²) in [5, 5.41) is 11.5. The van der Waals surface area contributed by atoms with Crippen molar-refractivity contribution in [1.82, 2.24) is 5.32 Å². The molecule has 7 heteroatoms. The van der Waals surface area contributed by atoms with Crippen LogP contribution in [0.4, 0.5) is 0 Å². The number of benzene rings is 1. The molecular formula is C14H16BrNO5. The number of carbonyl (C=O) groups is 2. The molecule has 1 aliphatic heterocycles. The van der Waals surface area contributed by atoms with Gasteiger partial charge in [0.1, 0.15) is 0 Å². The largest absolute Gasteiger partial charge is 0.481 e. The smallest absolute Gasteiger partial charge is 0.303 e. The minimum Gasteiger partial charge on any atom is -0.481 e. The molecule has 1 amide bonds. The van der Waals surface area contributed by atoms with Crippen molar-refractivity contribution < 1.29 is 24.2 Å². The number of hydrogen-bond acceptors (Lipinski definition) is 4. The molecule has 2 N–H and O–H groups in total. The maximum absolute atomic E-state index is 12.3. The zero-order valence-electron chi connectivity index (χ0n) is 11.7. The molecule has 0 fully saturated rings. The summed E-state index contributed by atoms with van der Waals surface area (Å²) in [5.41, 5.74) is -0.187. The van der Waals surface area contributed by atoms with Gasteiger partial charge in [-0.1, -0.05) is 0 Å². The van der Waals surface area contributed by atoms with Gasteiger partial charge in [-0.25, -0.2) is 0 Å². The number of fused-ring (bicyclic) bond motifs is 1. The Morgan fingerprint density at radius 1 is 1.38 bits per heavy atom. The van der Waals surface area contributed by atoms with E-state index in [1.54, 1.807) is 26.0 Å². The third kappa shape index (κ3) is 3.87. The molecule has 114 valence electrons. The molecule has 6 nitrogen and oxygen atoms in total. The van der Waals surface area contributed by atoms with Crippen LogP contribution in [0.1, 0.15) is 37.0 Å². The maximum atomic E-state index is 12.3. The number of amides is 1. The van der Waals surface area contributed by atoms with Gasteiger partial charge in [-0.2, -0.15) is 0 Å². The summed E-state index contributed by atoms with van der Waals surface area (Å²) in [4.78, 5) is 22.9. The summed E-state index contributed by atoms with van der Waals surface area (Å²) in [6.45, 7) is 3.70. The van der Waals surface area contributed by atoms with Crippen molar-refractivity contribution >= 4 is 27.8 Å². The number of halogens is 1. The van der Waals surface area contributed by atoms with Gasteiger partial charge in [0.15, 0.2) is 11.5 Å². The molecule has 1 aliphatic rings. The number of ether oxygens (including phenoxy) is 2. The highest BCUT2D eigenvalue weighted by Crippen LogP contribution is 2.40. The lowest BCUT2D eigenvalue weighted by molar-refractivity contribution is -0.137. The topological polar surface area (TPSA) is 84.9 Å². The average molecular weight is 358 g/mol. The summed E-state index contributed by atoms with van der Waals surface area (Å²) in [6.07, 6.45) is 0.345. The third-order valence-electron chi connectivity index (χ3n) is 3.11. The van der Waals surface area contributed by atoms with E-state index in [1.165, 1.54) is 0 Å². The highest BCUT2D eigenvalue weighted by atomic mass is 79.9. The van der Waals surface area contributed by atoms with Gasteiger partial charge in [0.25, 0.3) is 5.91 Å². The van der Waals surface area contributed by atoms with Crippen molar-refractivity contribution in [3.63, 3.8) is 0 Å². The standard InChI is InChI=1S/C14H16BrNO5/c1-14(2,4-3-11(17)18)16-13(19)8-5-9(15)12-10(6-8)20-7-21-12/h5-6H,3-4,7H2,1-2H3,(H,16,19)(H,17,18). The summed E-state index contributed by atoms with van der Waals surface area (Å²) >= 11 is 3.33. The number of carboxylic acid groups (broad SMARTS) is 1. The minimum absolute atomic E-state index is 0.00187. The molecule has 2 rings (SSSR count). The van der Waals surface area contributed by atoms with Crippen molar-refractivity contribution in [1.29, 1.82) is 0 Å². The molecule has 21 heavy (non-hydrogen) atoms. The number of hydrogen-bond donors (Lipinski definition) is 2. The number of rotatable bonds is 5. The van der Waals surface area contributed by atoms with Gasteiger partial charge in [0.05, 0.1) is 4.47 Å². The SMILES string of the molecule is CC(C)(CCC(=O)O)NC(=O)c1cc(Br)c2c(c1)OCO2. The quantitative estimate of drug-likeness (QED) is 0.845. The van der Waals surface area contributed by atoms with Crippen LogP contribution in [-0.2, 0) is 4.79 Å². The van der Waals surface area contributed by atoms with E-state index in [-0.39, 0.29) is 19.1 Å². The van der Waals surface area contributed by atoms with Crippen LogP contribution in [0.5, 0.6) is 11.5 Å². The van der Waals surface area contributed by atoms with Gasteiger partial charge in [0, 0.05) is 17.5 Å². The molecule has 1 aromatic rings. The van der Waals surface area contributed by atoms with Crippen molar-refractivity contribution in [2.24, 2.45) is 0 Å². The van der Waals surface area contributed by atoms with Crippen LogP contribution in [-0.4, -0.2) is 29.3 Å². The van der Waals surface area contributed by atoms with E-state index in [1.807, 2.05) is 0 Å². The Morgan fingerprint density at radius 2 is 2.10 bits per heavy atom. The molecule has 0 bridgehead atoms. The van der Waals surface area contributed by atoms with E-state index < -0.39 is 11.5 Å². The van der Waals surface area contributed by atoms with Gasteiger partial charge in [-0.3, -0.25) is 9.59 Å². The second kappa shape index (κ2) is 5.93. The number of nitrogens with one attached hydrogen (secondary N) is 1. The Morgan fingerprint density at radius 3 is 2.76 bits per heavy atom. The molecule has 0 spiro atoms. The number of carboxylic acids is 1. The predicted octanol–water partition coefficient (Wildman–Crippen LogP) is 2.55. The van der Waals surface area contributed by atoms with Gasteiger partial charge >= 0.3 is 5.97 Å². The highest BCUT2D eigenvalue weighted by Gasteiger charge is 2.25. The van der Waals surface area contributed by atoms with Gasteiger partial charge in [-0.05, 0) is 48.3 Å². The Hall–Kier alpha value is -1.76. The number of aliphatic carboxylic acids is 1. The summed E-state index contributed by atoms with van der Waals surface area (Å²) in [6, 6.07) is 3.26. The fourth-order valence-electron chi connectivity index (χ4n) is 1.96. The first-order valence-electron chi connectivity index (χ1n) is 6.42. The molecule has 0 aliphatic carbocycles. The lowest BCUT2D eigenvalue weighted by Gasteiger charge is -2.25. The zero-order valence-corrected chi connectivity index (χ0v) is 13.3. The van der Waals surface area contributed by atoms with Crippen LogP contribution in [0.15, 0.2) is 16.6 Å². The fourth-order valence-corrected chi connectivity index (χ4v) is 2.52. The van der Waals surface area contributed by atoms with Gasteiger partial charge in [0.2, 0.25) is 6.79 Å². The molecule has 0 radical (unpaired) electrons. The summed E-state index contributed by atoms with van der Waals surface area (Å²) < 4.78 is 11.2. The van der Waals surface area contributed by atoms with Crippen LogP contribution in [0.2, 0.25) is 0 Å². The highest BCUT2D eigenvalue weighted by molar-refractivity contribution is 9.10. The molecule has 0 saturated heterocycles. The molecule has 0 aromatic heterocycles. The first-order chi connectivity index (χ1) is 9.78. The Labute approximate surface area is 130 Å². The van der Waals surface area contributed by atoms with Crippen LogP contribution in [0.3, 0.4) is 0 Å². The van der Waals surface area contributed by atoms with E-state index in [9.17, 15) is 9.59 Å². The second-order valence-corrected chi connectivity index (χ2v) is 6.28. The van der Waals surface area contributed by atoms with Gasteiger partial charge < -0.3 is 19.9 Å². The van der Waals surface area contributed by atoms with E-state index in [0.717, 1.165) is 0 Å². The minimum atomic E-state index is -0.886. The zero-order chi connectivity index (χ0) is 15.6. The molecule has 0 atom stereocenters. The van der Waals surface area contributed by atoms with Crippen molar-refractivity contribution in [3.05, 3.63) is 22.2 Å². The van der Waals surface area contributed by atoms with E-state index >= 15 is 0 Å². The maximum Gasteiger partial charge on any atom is 0.303 e. The fraction of sp³-hybridized carbons (Fsp3) is 0.429. The summed E-state index contributed by atoms with van der Waals surface area (Å²) in [7, 11) is 0. The summed E-state index contributed by atoms with van der Waals surface area (Å²) in [5.74, 6) is -0.0814. The van der Waals surface area contributed by atoms with E-state index in [0.29, 0.717) is 28.0 Å². The lowest BCUT2D eigenvalue weighted by Crippen LogP contribution is -2.43. The third-order valence-corrected chi connectivity index (χ3v) is 3.69. The Kier molecular flexibility index (Phi) is 4.41. The first-order valence-corrected chi connectivity index (χ1v) is 7.21. The van der Waals surface area contributed by atoms with Crippen LogP contribution < -0.4 is 14.8 Å². The molecule has 0 saturated carbocycles. The van der Waals surface area contributed by atoms with Crippen LogP contribution in [0.25, 0.3) is 0 Å². The van der Waals surface area contributed by atoms with Crippen LogP contribution in [0, 0.1) is 0 Å². The first kappa shape index (κ1) is 15.6. The molecular weight excluding hydrogens is 342 g/mol. The molecule has 1 heterocycles. The van der Waals surface area contributed by atoms with Crippen molar-refractivity contribution in [2.45, 2.75) is 32.2 Å². The lowest BCUT2D eigenvalue weighted by atomic mass is 9.97. The normalized spacial score (nSPS) is 13.1.